The molecule has 0 aromatic heterocycles. The van der Waals surface area contributed by atoms with Gasteiger partial charge in [0.05, 0.1) is 28.2 Å². The fourth-order valence-electron chi connectivity index (χ4n) is 10.7. The molecule has 0 radical (unpaired) electrons. The maximum Gasteiger partial charge on any atom is 0.0714 e. The van der Waals surface area contributed by atoms with Crippen molar-refractivity contribution in [2.45, 2.75) is 5.41 Å². The largest absolute Gasteiger partial charge is 0.354 e. The van der Waals surface area contributed by atoms with Crippen LogP contribution in [0.15, 0.2) is 267 Å². The molecule has 0 unspecified atom stereocenters. The van der Waals surface area contributed by atoms with Crippen molar-refractivity contribution in [2.24, 2.45) is 0 Å². The molecule has 0 saturated carbocycles. The number of anilines is 3. The van der Waals surface area contributed by atoms with Crippen LogP contribution in [0.4, 0.5) is 17.1 Å². The van der Waals surface area contributed by atoms with E-state index in [2.05, 4.69) is 247 Å². The van der Waals surface area contributed by atoms with E-state index in [4.69, 9.17) is 0 Å². The molecule has 10 aromatic carbocycles. The van der Waals surface area contributed by atoms with Crippen LogP contribution in [0.3, 0.4) is 0 Å². The standard InChI is InChI=1S/C66H47N3/c67-64(49-30-13-4-14-31-49)63(48-28-11-3-12-29-48)65-56-38-23-41-62(57(56)45-60(68-65)47-26-9-2-10-27-47)69(61-40-22-20-36-53(61)46-24-7-1-8-25-46)52-42-43-55-54-37-19-21-39-58(54)66(59(55)44-52,50-32-15-5-16-33-50)51-34-17-6-18-35-51/h1-45,67-68H/b65-63-,67-64?. The summed E-state index contributed by atoms with van der Waals surface area (Å²) in [6.07, 6.45) is 2.30. The summed E-state index contributed by atoms with van der Waals surface area (Å²) in [6, 6.07) is 95.2. The van der Waals surface area contributed by atoms with E-state index in [1.54, 1.807) is 0 Å². The number of nitrogens with zero attached hydrogens (tertiary/aromatic N) is 1. The molecular weight excluding hydrogens is 835 g/mol. The first-order valence-electron chi connectivity index (χ1n) is 23.6. The van der Waals surface area contributed by atoms with Crippen LogP contribution in [0.2, 0.25) is 0 Å². The third-order valence-corrected chi connectivity index (χ3v) is 13.8. The minimum absolute atomic E-state index is 0.442. The van der Waals surface area contributed by atoms with Crippen LogP contribution in [-0.2, 0) is 5.41 Å². The van der Waals surface area contributed by atoms with E-state index in [1.165, 1.54) is 33.4 Å². The molecule has 1 aliphatic carbocycles. The van der Waals surface area contributed by atoms with Crippen molar-refractivity contribution >= 4 is 45.8 Å². The molecule has 0 saturated heterocycles. The second-order valence-corrected chi connectivity index (χ2v) is 17.6. The highest BCUT2D eigenvalue weighted by Crippen LogP contribution is 2.58. The van der Waals surface area contributed by atoms with Crippen LogP contribution < -0.4 is 10.2 Å². The third-order valence-electron chi connectivity index (χ3n) is 13.8. The van der Waals surface area contributed by atoms with Crippen molar-refractivity contribution in [1.82, 2.24) is 5.32 Å². The molecule has 2 N–H and O–H groups in total. The average Bonchev–Trinajstić information content (AvgIpc) is 3.73. The molecule has 10 aromatic rings. The van der Waals surface area contributed by atoms with Gasteiger partial charge in [-0.15, -0.1) is 0 Å². The summed E-state index contributed by atoms with van der Waals surface area (Å²) in [4.78, 5) is 2.47. The number of fused-ring (bicyclic) bond motifs is 4. The number of benzene rings is 10. The summed E-state index contributed by atoms with van der Waals surface area (Å²) in [5.41, 5.74) is 20.2. The predicted molar refractivity (Wildman–Crippen MR) is 288 cm³/mol. The molecule has 0 atom stereocenters. The molecule has 326 valence electrons. The second-order valence-electron chi connectivity index (χ2n) is 17.6. The zero-order valence-corrected chi connectivity index (χ0v) is 37.9. The van der Waals surface area contributed by atoms with Crippen LogP contribution in [0.25, 0.3) is 45.3 Å². The van der Waals surface area contributed by atoms with Gasteiger partial charge in [-0.05, 0) is 80.4 Å². The Hall–Kier alpha value is -9.05. The van der Waals surface area contributed by atoms with Crippen molar-refractivity contribution in [3.8, 4) is 22.3 Å². The number of hydrogen-bond donors (Lipinski definition) is 2. The molecule has 0 spiro atoms. The molecule has 0 amide bonds. The van der Waals surface area contributed by atoms with E-state index >= 15 is 0 Å². The molecule has 1 heterocycles. The molecule has 12 rings (SSSR count). The van der Waals surface area contributed by atoms with Crippen LogP contribution in [-0.4, -0.2) is 5.71 Å². The summed E-state index contributed by atoms with van der Waals surface area (Å²) >= 11 is 0. The number of rotatable bonds is 10. The maximum absolute atomic E-state index is 9.98. The minimum atomic E-state index is -0.590. The first kappa shape index (κ1) is 41.4. The summed E-state index contributed by atoms with van der Waals surface area (Å²) < 4.78 is 0. The summed E-state index contributed by atoms with van der Waals surface area (Å²) in [5, 5.41) is 13.9. The normalized spacial score (nSPS) is 13.8. The molecular formula is C66H47N3. The Bertz CT molecular complexity index is 3520. The summed E-state index contributed by atoms with van der Waals surface area (Å²) in [6.45, 7) is 0. The van der Waals surface area contributed by atoms with Crippen molar-refractivity contribution in [1.29, 1.82) is 5.41 Å². The molecule has 2 aliphatic rings. The number of nitrogens with one attached hydrogen (secondary N) is 2. The fourth-order valence-corrected chi connectivity index (χ4v) is 10.7. The molecule has 0 fully saturated rings. The van der Waals surface area contributed by atoms with Gasteiger partial charge in [0.2, 0.25) is 0 Å². The number of para-hydroxylation sites is 1. The molecule has 3 heteroatoms. The Morgan fingerprint density at radius 1 is 0.391 bits per heavy atom. The monoisotopic (exact) mass is 881 g/mol. The second kappa shape index (κ2) is 17.6. The highest BCUT2D eigenvalue weighted by atomic mass is 15.1. The van der Waals surface area contributed by atoms with Gasteiger partial charge in [-0.2, -0.15) is 0 Å². The minimum Gasteiger partial charge on any atom is -0.354 e. The Balaban J connectivity index is 1.18. The van der Waals surface area contributed by atoms with Gasteiger partial charge in [0.1, 0.15) is 0 Å². The van der Waals surface area contributed by atoms with Crippen molar-refractivity contribution < 1.29 is 0 Å². The van der Waals surface area contributed by atoms with Gasteiger partial charge < -0.3 is 10.2 Å². The van der Waals surface area contributed by atoms with Gasteiger partial charge in [0, 0.05) is 39.2 Å². The van der Waals surface area contributed by atoms with Crippen LogP contribution in [0.1, 0.15) is 50.1 Å². The highest BCUT2D eigenvalue weighted by Gasteiger charge is 2.46. The van der Waals surface area contributed by atoms with Gasteiger partial charge in [0.15, 0.2) is 0 Å². The lowest BCUT2D eigenvalue weighted by Gasteiger charge is -2.36. The predicted octanol–water partition coefficient (Wildman–Crippen LogP) is 16.2. The lowest BCUT2D eigenvalue weighted by Crippen LogP contribution is -2.28. The molecule has 3 nitrogen and oxygen atoms in total. The Kier molecular flexibility index (Phi) is 10.6. The lowest BCUT2D eigenvalue weighted by atomic mass is 9.67. The quantitative estimate of drug-likeness (QED) is 0.134. The van der Waals surface area contributed by atoms with E-state index in [0.29, 0.717) is 5.71 Å². The number of allylic oxidation sites excluding steroid dienone is 1. The summed E-state index contributed by atoms with van der Waals surface area (Å²) in [7, 11) is 0. The molecule has 1 aliphatic heterocycles. The van der Waals surface area contributed by atoms with E-state index in [0.717, 1.165) is 73.0 Å². The van der Waals surface area contributed by atoms with E-state index in [1.807, 2.05) is 36.4 Å². The van der Waals surface area contributed by atoms with Gasteiger partial charge in [0.25, 0.3) is 0 Å². The lowest BCUT2D eigenvalue weighted by molar-refractivity contribution is 0.768. The number of hydrogen-bond acceptors (Lipinski definition) is 3. The van der Waals surface area contributed by atoms with Gasteiger partial charge >= 0.3 is 0 Å². The van der Waals surface area contributed by atoms with Crippen molar-refractivity contribution in [3.05, 3.63) is 317 Å². The van der Waals surface area contributed by atoms with Gasteiger partial charge in [-0.25, -0.2) is 0 Å². The summed E-state index contributed by atoms with van der Waals surface area (Å²) in [5.74, 6) is 0. The third kappa shape index (κ3) is 7.11. The van der Waals surface area contributed by atoms with Crippen LogP contribution in [0, 0.1) is 5.41 Å². The Labute approximate surface area is 404 Å². The average molecular weight is 882 g/mol. The van der Waals surface area contributed by atoms with E-state index in [-0.39, 0.29) is 0 Å². The van der Waals surface area contributed by atoms with Crippen LogP contribution >= 0.6 is 0 Å². The molecule has 0 bridgehead atoms. The van der Waals surface area contributed by atoms with Gasteiger partial charge in [-0.1, -0.05) is 243 Å². The molecule has 69 heavy (non-hydrogen) atoms. The van der Waals surface area contributed by atoms with E-state index < -0.39 is 5.41 Å². The first-order valence-corrected chi connectivity index (χ1v) is 23.6. The Morgan fingerprint density at radius 3 is 1.54 bits per heavy atom. The van der Waals surface area contributed by atoms with Crippen LogP contribution in [0.5, 0.6) is 0 Å². The smallest absolute Gasteiger partial charge is 0.0714 e. The zero-order valence-electron chi connectivity index (χ0n) is 37.9. The SMILES string of the molecule is N=C(/C(=C1\NC(c2ccccc2)=Cc2c1cccc2N(c1ccc2c(c1)C(c1ccccc1)(c1ccccc1)c1ccccc1-2)c1ccccc1-c1ccccc1)c1ccccc1)c1ccccc1. The topological polar surface area (TPSA) is 39.1 Å². The highest BCUT2D eigenvalue weighted by molar-refractivity contribution is 6.36. The van der Waals surface area contributed by atoms with Crippen molar-refractivity contribution in [2.75, 3.05) is 4.90 Å². The van der Waals surface area contributed by atoms with Gasteiger partial charge in [-0.3, -0.25) is 5.41 Å². The van der Waals surface area contributed by atoms with E-state index in [9.17, 15) is 5.41 Å². The fraction of sp³-hybridized carbons (Fsp3) is 0.0152. The first-order chi connectivity index (χ1) is 34.2. The zero-order chi connectivity index (χ0) is 46.2. The maximum atomic E-state index is 9.98. The van der Waals surface area contributed by atoms with Crippen molar-refractivity contribution in [3.63, 3.8) is 0 Å². The Morgan fingerprint density at radius 2 is 0.884 bits per heavy atom.